The van der Waals surface area contributed by atoms with Crippen LogP contribution in [0.25, 0.3) is 21.3 Å². The van der Waals surface area contributed by atoms with Crippen molar-refractivity contribution >= 4 is 21.6 Å². The SMILES string of the molecule is COCCN(Cc1nc2scc(-c3ccccc3F)c2c(=O)[nH]1)CC(O)COCC(C)C. The average molecular weight is 464 g/mol. The van der Waals surface area contributed by atoms with E-state index in [2.05, 4.69) is 23.8 Å². The summed E-state index contributed by atoms with van der Waals surface area (Å²) in [6.07, 6.45) is -0.671. The molecule has 3 aromatic rings. The van der Waals surface area contributed by atoms with Crippen molar-refractivity contribution in [2.45, 2.75) is 26.5 Å². The summed E-state index contributed by atoms with van der Waals surface area (Å²) in [6, 6.07) is 6.38. The van der Waals surface area contributed by atoms with Crippen molar-refractivity contribution < 1.29 is 19.0 Å². The van der Waals surface area contributed by atoms with Gasteiger partial charge < -0.3 is 19.6 Å². The Kier molecular flexibility index (Phi) is 8.89. The van der Waals surface area contributed by atoms with E-state index in [0.717, 1.165) is 0 Å². The number of fused-ring (bicyclic) bond motifs is 1. The number of aromatic nitrogens is 2. The molecule has 0 saturated carbocycles. The molecule has 0 aliphatic rings. The topological polar surface area (TPSA) is 87.7 Å². The van der Waals surface area contributed by atoms with E-state index in [0.29, 0.717) is 65.9 Å². The number of aromatic amines is 1. The molecule has 0 spiro atoms. The highest BCUT2D eigenvalue weighted by Gasteiger charge is 2.18. The van der Waals surface area contributed by atoms with Crippen LogP contribution in [0.1, 0.15) is 19.7 Å². The second-order valence-electron chi connectivity index (χ2n) is 8.14. The molecule has 32 heavy (non-hydrogen) atoms. The summed E-state index contributed by atoms with van der Waals surface area (Å²) in [5.41, 5.74) is 0.611. The molecule has 2 N–H and O–H groups in total. The third-order valence-electron chi connectivity index (χ3n) is 4.87. The summed E-state index contributed by atoms with van der Waals surface area (Å²) >= 11 is 1.31. The number of aliphatic hydroxyl groups excluding tert-OH is 1. The molecule has 0 radical (unpaired) electrons. The van der Waals surface area contributed by atoms with Crippen LogP contribution in [0.2, 0.25) is 0 Å². The lowest BCUT2D eigenvalue weighted by Crippen LogP contribution is -2.37. The van der Waals surface area contributed by atoms with Crippen LogP contribution >= 0.6 is 11.3 Å². The van der Waals surface area contributed by atoms with Gasteiger partial charge in [0, 0.05) is 43.3 Å². The Morgan fingerprint density at radius 2 is 2.03 bits per heavy atom. The van der Waals surface area contributed by atoms with Crippen LogP contribution in [0, 0.1) is 11.7 Å². The average Bonchev–Trinajstić information content (AvgIpc) is 3.16. The van der Waals surface area contributed by atoms with E-state index in [9.17, 15) is 14.3 Å². The predicted molar refractivity (Wildman–Crippen MR) is 124 cm³/mol. The lowest BCUT2D eigenvalue weighted by molar-refractivity contribution is 0.00296. The summed E-state index contributed by atoms with van der Waals surface area (Å²) in [5.74, 6) is 0.499. The Balaban J connectivity index is 1.78. The first-order chi connectivity index (χ1) is 15.4. The number of hydrogen-bond donors (Lipinski definition) is 2. The molecular formula is C23H30FN3O4S. The number of nitrogens with one attached hydrogen (secondary N) is 1. The van der Waals surface area contributed by atoms with Gasteiger partial charge in [0.1, 0.15) is 16.5 Å². The zero-order valence-electron chi connectivity index (χ0n) is 18.6. The number of aliphatic hydroxyl groups is 1. The maximum atomic E-state index is 14.3. The number of ether oxygens (including phenoxy) is 2. The van der Waals surface area contributed by atoms with E-state index in [4.69, 9.17) is 9.47 Å². The van der Waals surface area contributed by atoms with E-state index in [1.165, 1.54) is 17.4 Å². The van der Waals surface area contributed by atoms with Crippen LogP contribution in [0.5, 0.6) is 0 Å². The van der Waals surface area contributed by atoms with Crippen molar-refractivity contribution in [3.63, 3.8) is 0 Å². The summed E-state index contributed by atoms with van der Waals surface area (Å²) < 4.78 is 25.0. The first-order valence-corrected chi connectivity index (χ1v) is 11.5. The molecule has 2 aromatic heterocycles. The van der Waals surface area contributed by atoms with Gasteiger partial charge in [-0.15, -0.1) is 11.3 Å². The molecule has 174 valence electrons. The van der Waals surface area contributed by atoms with E-state index >= 15 is 0 Å². The molecule has 3 rings (SSSR count). The van der Waals surface area contributed by atoms with Crippen molar-refractivity contribution in [1.82, 2.24) is 14.9 Å². The number of hydrogen-bond acceptors (Lipinski definition) is 7. The van der Waals surface area contributed by atoms with Crippen LogP contribution < -0.4 is 5.56 Å². The normalized spacial score (nSPS) is 12.8. The monoisotopic (exact) mass is 463 g/mol. The highest BCUT2D eigenvalue weighted by molar-refractivity contribution is 7.17. The van der Waals surface area contributed by atoms with Gasteiger partial charge in [0.25, 0.3) is 5.56 Å². The van der Waals surface area contributed by atoms with Crippen LogP contribution in [0.4, 0.5) is 4.39 Å². The van der Waals surface area contributed by atoms with Gasteiger partial charge in [-0.05, 0) is 12.0 Å². The smallest absolute Gasteiger partial charge is 0.260 e. The fourth-order valence-corrected chi connectivity index (χ4v) is 4.36. The van der Waals surface area contributed by atoms with Crippen LogP contribution in [0.15, 0.2) is 34.4 Å². The number of nitrogens with zero attached hydrogens (tertiary/aromatic N) is 2. The molecule has 0 amide bonds. The van der Waals surface area contributed by atoms with Crippen LogP contribution in [-0.2, 0) is 16.0 Å². The van der Waals surface area contributed by atoms with Crippen LogP contribution in [0.3, 0.4) is 0 Å². The van der Waals surface area contributed by atoms with E-state index in [1.54, 1.807) is 30.7 Å². The molecular weight excluding hydrogens is 433 g/mol. The van der Waals surface area contributed by atoms with E-state index in [-0.39, 0.29) is 18.0 Å². The highest BCUT2D eigenvalue weighted by atomic mass is 32.1. The maximum absolute atomic E-state index is 14.3. The van der Waals surface area contributed by atoms with Crippen molar-refractivity contribution in [2.24, 2.45) is 5.92 Å². The minimum Gasteiger partial charge on any atom is -0.389 e. The third-order valence-corrected chi connectivity index (χ3v) is 5.74. The molecule has 0 aliphatic carbocycles. The first-order valence-electron chi connectivity index (χ1n) is 10.6. The van der Waals surface area contributed by atoms with Gasteiger partial charge >= 0.3 is 0 Å². The Hall–Kier alpha value is -2.17. The minimum atomic E-state index is -0.671. The molecule has 9 heteroatoms. The number of halogens is 1. The molecule has 2 heterocycles. The van der Waals surface area contributed by atoms with Gasteiger partial charge in [-0.1, -0.05) is 32.0 Å². The Morgan fingerprint density at radius 1 is 1.25 bits per heavy atom. The molecule has 0 saturated heterocycles. The number of rotatable bonds is 12. The van der Waals surface area contributed by atoms with Gasteiger partial charge in [0.2, 0.25) is 0 Å². The molecule has 7 nitrogen and oxygen atoms in total. The lowest BCUT2D eigenvalue weighted by Gasteiger charge is -2.24. The molecule has 0 fully saturated rings. The quantitative estimate of drug-likeness (QED) is 0.429. The van der Waals surface area contributed by atoms with Gasteiger partial charge in [-0.2, -0.15) is 0 Å². The lowest BCUT2D eigenvalue weighted by atomic mass is 10.1. The van der Waals surface area contributed by atoms with E-state index < -0.39 is 6.10 Å². The summed E-state index contributed by atoms with van der Waals surface area (Å²) in [4.78, 5) is 22.8. The fraction of sp³-hybridized carbons (Fsp3) is 0.478. The molecule has 1 aromatic carbocycles. The summed E-state index contributed by atoms with van der Waals surface area (Å²) in [6.45, 7) is 6.66. The van der Waals surface area contributed by atoms with Crippen molar-refractivity contribution in [3.8, 4) is 11.1 Å². The number of thiophene rings is 1. The Bertz CT molecular complexity index is 1070. The largest absolute Gasteiger partial charge is 0.389 e. The molecule has 1 unspecified atom stereocenters. The number of benzene rings is 1. The molecule has 0 bridgehead atoms. The zero-order chi connectivity index (χ0) is 23.1. The maximum Gasteiger partial charge on any atom is 0.260 e. The van der Waals surface area contributed by atoms with Crippen molar-refractivity contribution in [2.75, 3.05) is 40.0 Å². The second kappa shape index (κ2) is 11.6. The van der Waals surface area contributed by atoms with Gasteiger partial charge in [-0.3, -0.25) is 9.69 Å². The number of H-pyrrole nitrogens is 1. The third kappa shape index (κ3) is 6.43. The Labute approximate surface area is 190 Å². The summed E-state index contributed by atoms with van der Waals surface area (Å²) in [5, 5.41) is 12.5. The minimum absolute atomic E-state index is 0.238. The van der Waals surface area contributed by atoms with Crippen molar-refractivity contribution in [3.05, 3.63) is 51.6 Å². The molecule has 0 aliphatic heterocycles. The van der Waals surface area contributed by atoms with Gasteiger partial charge in [0.15, 0.2) is 0 Å². The second-order valence-corrected chi connectivity index (χ2v) is 8.99. The standard InChI is InChI=1S/C23H30FN3O4S/c1-15(2)12-31-13-16(28)10-27(8-9-30-3)11-20-25-22(29)21-18(14-32-23(21)26-20)17-6-4-5-7-19(17)24/h4-7,14-16,28H,8-13H2,1-3H3,(H,25,26,29). The van der Waals surface area contributed by atoms with Crippen molar-refractivity contribution in [1.29, 1.82) is 0 Å². The van der Waals surface area contributed by atoms with Gasteiger partial charge in [-0.25, -0.2) is 9.37 Å². The first kappa shape index (κ1) is 24.5. The predicted octanol–water partition coefficient (Wildman–Crippen LogP) is 3.27. The molecule has 1 atom stereocenters. The zero-order valence-corrected chi connectivity index (χ0v) is 19.5. The Morgan fingerprint density at radius 3 is 2.75 bits per heavy atom. The fourth-order valence-electron chi connectivity index (χ4n) is 3.40. The number of methoxy groups -OCH3 is 1. The van der Waals surface area contributed by atoms with Gasteiger partial charge in [0.05, 0.1) is 31.2 Å². The summed E-state index contributed by atoms with van der Waals surface area (Å²) in [7, 11) is 1.61. The van der Waals surface area contributed by atoms with E-state index in [1.807, 2.05) is 4.90 Å². The van der Waals surface area contributed by atoms with Crippen LogP contribution in [-0.4, -0.2) is 66.1 Å². The highest BCUT2D eigenvalue weighted by Crippen LogP contribution is 2.32.